The van der Waals surface area contributed by atoms with Gasteiger partial charge in [-0.05, 0) is 53.2 Å². The Hall–Kier alpha value is -2.31. The Morgan fingerprint density at radius 1 is 1.11 bits per heavy atom. The van der Waals surface area contributed by atoms with Crippen molar-refractivity contribution in [1.29, 1.82) is 0 Å². The summed E-state index contributed by atoms with van der Waals surface area (Å²) >= 11 is 5.28. The van der Waals surface area contributed by atoms with Crippen LogP contribution < -0.4 is 9.47 Å². The van der Waals surface area contributed by atoms with Crippen LogP contribution in [0.5, 0.6) is 11.5 Å². The van der Waals surface area contributed by atoms with E-state index < -0.39 is 0 Å². The maximum absolute atomic E-state index is 6.44. The number of hydrogen-bond donors (Lipinski definition) is 0. The second-order valence-electron chi connectivity index (χ2n) is 6.73. The molecule has 0 fully saturated rings. The zero-order chi connectivity index (χ0) is 19.1. The van der Waals surface area contributed by atoms with E-state index in [1.54, 1.807) is 11.3 Å². The smallest absolute Gasteiger partial charge is 0.217 e. The lowest BCUT2D eigenvalue weighted by atomic mass is 9.97. The quantitative estimate of drug-likeness (QED) is 0.473. The molecule has 28 heavy (non-hydrogen) atoms. The molecule has 2 aliphatic heterocycles. The summed E-state index contributed by atoms with van der Waals surface area (Å²) in [5, 5.41) is 7.11. The fraction of sp³-hybridized carbons (Fsp3) is 0.227. The first-order chi connectivity index (χ1) is 13.7. The van der Waals surface area contributed by atoms with E-state index in [0.717, 1.165) is 33.0 Å². The van der Waals surface area contributed by atoms with Gasteiger partial charge < -0.3 is 9.47 Å². The van der Waals surface area contributed by atoms with Crippen LogP contribution >= 0.6 is 27.3 Å². The van der Waals surface area contributed by atoms with E-state index in [2.05, 4.69) is 51.3 Å². The third-order valence-electron chi connectivity index (χ3n) is 5.04. The van der Waals surface area contributed by atoms with E-state index in [1.807, 2.05) is 37.3 Å². The number of hydrogen-bond acceptors (Lipinski definition) is 5. The van der Waals surface area contributed by atoms with Crippen LogP contribution in [-0.4, -0.2) is 17.3 Å². The summed E-state index contributed by atoms with van der Waals surface area (Å²) < 4.78 is 13.4. The molecule has 3 aromatic rings. The average molecular weight is 455 g/mol. The minimum Gasteiger partial charge on any atom is -0.493 e. The third-order valence-corrected chi connectivity index (χ3v) is 6.71. The molecule has 4 nitrogen and oxygen atoms in total. The Kier molecular flexibility index (Phi) is 4.61. The van der Waals surface area contributed by atoms with Gasteiger partial charge in [0.2, 0.25) is 6.23 Å². The Bertz CT molecular complexity index is 1050. The monoisotopic (exact) mass is 454 g/mol. The van der Waals surface area contributed by atoms with Crippen molar-refractivity contribution in [1.82, 2.24) is 5.01 Å². The first-order valence-corrected chi connectivity index (χ1v) is 10.9. The van der Waals surface area contributed by atoms with Gasteiger partial charge in [-0.3, -0.25) is 0 Å². The third kappa shape index (κ3) is 3.01. The van der Waals surface area contributed by atoms with Gasteiger partial charge in [-0.1, -0.05) is 30.3 Å². The standard InChI is InChI=1S/C22H19BrN2O2S/c1-2-26-18-9-5-4-8-15(18)22-25-17(14-7-3-6-10-19(14)27-22)13-16(24-25)20-11-12-21(23)28-20/h3-12,17,22H,2,13H2,1H3/t17-,22+/m1/s1. The number of thiophene rings is 1. The molecular weight excluding hydrogens is 436 g/mol. The van der Waals surface area contributed by atoms with Crippen LogP contribution in [0.3, 0.4) is 0 Å². The predicted molar refractivity (Wildman–Crippen MR) is 115 cm³/mol. The topological polar surface area (TPSA) is 34.1 Å². The SMILES string of the molecule is CCOc1ccccc1[C@@H]1Oc2ccccc2[C@H]2CC(c3ccc(Br)s3)=NN21. The minimum absolute atomic E-state index is 0.153. The molecule has 2 atom stereocenters. The molecule has 0 N–H and O–H groups in total. The summed E-state index contributed by atoms with van der Waals surface area (Å²) in [5.74, 6) is 1.76. The molecule has 0 saturated heterocycles. The predicted octanol–water partition coefficient (Wildman–Crippen LogP) is 6.15. The molecule has 0 aliphatic carbocycles. The Morgan fingerprint density at radius 2 is 1.89 bits per heavy atom. The van der Waals surface area contributed by atoms with E-state index in [4.69, 9.17) is 14.6 Å². The molecule has 0 amide bonds. The fourth-order valence-electron chi connectivity index (χ4n) is 3.83. The highest BCUT2D eigenvalue weighted by molar-refractivity contribution is 9.11. The second kappa shape index (κ2) is 7.26. The molecule has 0 unspecified atom stereocenters. The van der Waals surface area contributed by atoms with Crippen molar-refractivity contribution in [3.63, 3.8) is 0 Å². The molecule has 0 spiro atoms. The van der Waals surface area contributed by atoms with Crippen molar-refractivity contribution in [3.8, 4) is 11.5 Å². The van der Waals surface area contributed by atoms with Crippen LogP contribution in [0.4, 0.5) is 0 Å². The molecule has 142 valence electrons. The second-order valence-corrected chi connectivity index (χ2v) is 9.19. The number of halogens is 1. The van der Waals surface area contributed by atoms with Crippen molar-refractivity contribution < 1.29 is 9.47 Å². The highest BCUT2D eigenvalue weighted by atomic mass is 79.9. The Balaban J connectivity index is 1.61. The van der Waals surface area contributed by atoms with Crippen LogP contribution in [0.1, 0.15) is 41.6 Å². The van der Waals surface area contributed by atoms with E-state index in [-0.39, 0.29) is 12.3 Å². The van der Waals surface area contributed by atoms with E-state index in [1.165, 1.54) is 10.4 Å². The zero-order valence-electron chi connectivity index (χ0n) is 15.3. The summed E-state index contributed by atoms with van der Waals surface area (Å²) in [6, 6.07) is 20.7. The van der Waals surface area contributed by atoms with Gasteiger partial charge in [-0.15, -0.1) is 11.3 Å². The first kappa shape index (κ1) is 17.8. The highest BCUT2D eigenvalue weighted by Gasteiger charge is 2.42. The Morgan fingerprint density at radius 3 is 2.68 bits per heavy atom. The molecule has 5 rings (SSSR count). The summed E-state index contributed by atoms with van der Waals surface area (Å²) in [6.07, 6.45) is 0.546. The fourth-order valence-corrected chi connectivity index (χ4v) is 5.21. The zero-order valence-corrected chi connectivity index (χ0v) is 17.7. The minimum atomic E-state index is -0.316. The maximum Gasteiger partial charge on any atom is 0.217 e. The van der Waals surface area contributed by atoms with E-state index in [9.17, 15) is 0 Å². The molecule has 6 heteroatoms. The number of para-hydroxylation sites is 2. The summed E-state index contributed by atoms with van der Waals surface area (Å²) in [6.45, 7) is 2.61. The van der Waals surface area contributed by atoms with Crippen molar-refractivity contribution in [2.45, 2.75) is 25.6 Å². The molecule has 3 heterocycles. The first-order valence-electron chi connectivity index (χ1n) is 9.33. The lowest BCUT2D eigenvalue weighted by Gasteiger charge is -2.38. The molecule has 2 aromatic carbocycles. The van der Waals surface area contributed by atoms with Gasteiger partial charge in [0, 0.05) is 12.0 Å². The number of hydrazone groups is 1. The maximum atomic E-state index is 6.44. The normalized spacial score (nSPS) is 20.2. The van der Waals surface area contributed by atoms with Crippen molar-refractivity contribution >= 4 is 33.0 Å². The largest absolute Gasteiger partial charge is 0.493 e. The summed E-state index contributed by atoms with van der Waals surface area (Å²) in [5.41, 5.74) is 3.28. The van der Waals surface area contributed by atoms with Crippen LogP contribution in [-0.2, 0) is 0 Å². The van der Waals surface area contributed by atoms with Crippen LogP contribution in [0.15, 0.2) is 69.6 Å². The van der Waals surface area contributed by atoms with Gasteiger partial charge in [-0.2, -0.15) is 5.10 Å². The van der Waals surface area contributed by atoms with Gasteiger partial charge in [0.15, 0.2) is 0 Å². The van der Waals surface area contributed by atoms with E-state index >= 15 is 0 Å². The van der Waals surface area contributed by atoms with Gasteiger partial charge >= 0.3 is 0 Å². The van der Waals surface area contributed by atoms with Gasteiger partial charge in [0.25, 0.3) is 0 Å². The lowest BCUT2D eigenvalue weighted by Crippen LogP contribution is -2.34. The van der Waals surface area contributed by atoms with Crippen LogP contribution in [0, 0.1) is 0 Å². The molecular formula is C22H19BrN2O2S. The van der Waals surface area contributed by atoms with Crippen molar-refractivity contribution in [3.05, 3.63) is 80.5 Å². The van der Waals surface area contributed by atoms with Crippen LogP contribution in [0.25, 0.3) is 0 Å². The van der Waals surface area contributed by atoms with Gasteiger partial charge in [0.1, 0.15) is 11.5 Å². The number of fused-ring (bicyclic) bond motifs is 3. The highest BCUT2D eigenvalue weighted by Crippen LogP contribution is 2.49. The number of nitrogens with zero attached hydrogens (tertiary/aromatic N) is 2. The van der Waals surface area contributed by atoms with Crippen molar-refractivity contribution in [2.24, 2.45) is 5.10 Å². The van der Waals surface area contributed by atoms with Gasteiger partial charge in [-0.25, -0.2) is 5.01 Å². The molecule has 0 saturated carbocycles. The lowest BCUT2D eigenvalue weighted by molar-refractivity contribution is -0.0205. The average Bonchev–Trinajstić information content (AvgIpc) is 3.35. The molecule has 1 aromatic heterocycles. The van der Waals surface area contributed by atoms with Crippen molar-refractivity contribution in [2.75, 3.05) is 6.61 Å². The number of ether oxygens (including phenoxy) is 2. The summed E-state index contributed by atoms with van der Waals surface area (Å²) in [7, 11) is 0. The Labute approximate surface area is 176 Å². The van der Waals surface area contributed by atoms with Crippen LogP contribution in [0.2, 0.25) is 0 Å². The summed E-state index contributed by atoms with van der Waals surface area (Å²) in [4.78, 5) is 1.19. The molecule has 0 radical (unpaired) electrons. The number of rotatable bonds is 4. The molecule has 0 bridgehead atoms. The van der Waals surface area contributed by atoms with E-state index in [0.29, 0.717) is 6.61 Å². The molecule has 2 aliphatic rings. The number of benzene rings is 2. The van der Waals surface area contributed by atoms with Gasteiger partial charge in [0.05, 0.1) is 32.6 Å².